The first kappa shape index (κ1) is 16.6. The van der Waals surface area contributed by atoms with Gasteiger partial charge in [0.15, 0.2) is 0 Å². The van der Waals surface area contributed by atoms with Crippen LogP contribution in [0.1, 0.15) is 38.1 Å². The minimum atomic E-state index is -1.18. The molecule has 0 aliphatic rings. The molecular weight excluding hydrogens is 367 g/mol. The quantitative estimate of drug-likeness (QED) is 0.752. The van der Waals surface area contributed by atoms with E-state index in [9.17, 15) is 14.9 Å². The molecule has 2 amide bonds. The average molecular weight is 384 g/mol. The van der Waals surface area contributed by atoms with E-state index < -0.39 is 11.4 Å². The Bertz CT molecular complexity index is 573. The van der Waals surface area contributed by atoms with Gasteiger partial charge in [-0.15, -0.1) is 0 Å². The van der Waals surface area contributed by atoms with Gasteiger partial charge in [-0.2, -0.15) is 5.26 Å². The van der Waals surface area contributed by atoms with E-state index >= 15 is 0 Å². The van der Waals surface area contributed by atoms with Gasteiger partial charge >= 0.3 is 0 Å². The van der Waals surface area contributed by atoms with Crippen molar-refractivity contribution < 1.29 is 9.59 Å². The van der Waals surface area contributed by atoms with E-state index in [1.807, 2.05) is 34.7 Å². The fourth-order valence-corrected chi connectivity index (χ4v) is 2.31. The summed E-state index contributed by atoms with van der Waals surface area (Å²) in [5.74, 6) is -1.13. The normalized spacial score (nSPS) is 11.1. The fraction of sp³-hybridized carbons (Fsp3) is 0.400. The third-order valence-corrected chi connectivity index (χ3v) is 3.79. The Morgan fingerprint density at radius 2 is 1.85 bits per heavy atom. The van der Waals surface area contributed by atoms with Gasteiger partial charge in [0.2, 0.25) is 5.91 Å². The first-order valence-corrected chi connectivity index (χ1v) is 7.34. The largest absolute Gasteiger partial charge is 0.274 e. The molecule has 0 N–H and O–H groups in total. The molecule has 1 aromatic rings. The highest BCUT2D eigenvalue weighted by atomic mass is 127. The van der Waals surface area contributed by atoms with Gasteiger partial charge < -0.3 is 0 Å². The van der Waals surface area contributed by atoms with Crippen LogP contribution in [0.2, 0.25) is 0 Å². The van der Waals surface area contributed by atoms with Crippen molar-refractivity contribution >= 4 is 34.4 Å². The zero-order valence-corrected chi connectivity index (χ0v) is 14.1. The first-order chi connectivity index (χ1) is 9.22. The number of nitrogens with zero attached hydrogens (tertiary/aromatic N) is 2. The molecule has 0 spiro atoms. The van der Waals surface area contributed by atoms with Crippen molar-refractivity contribution in [3.8, 4) is 6.07 Å². The lowest BCUT2D eigenvalue weighted by molar-refractivity contribution is -0.134. The van der Waals surface area contributed by atoms with Crippen molar-refractivity contribution in [2.45, 2.75) is 33.2 Å². The van der Waals surface area contributed by atoms with Crippen LogP contribution in [0.5, 0.6) is 0 Å². The van der Waals surface area contributed by atoms with Crippen LogP contribution in [-0.4, -0.2) is 22.3 Å². The summed E-state index contributed by atoms with van der Waals surface area (Å²) in [6.07, 6.45) is 0. The topological polar surface area (TPSA) is 61.2 Å². The van der Waals surface area contributed by atoms with Crippen LogP contribution in [0.25, 0.3) is 0 Å². The highest BCUT2D eigenvalue weighted by Gasteiger charge is 2.38. The maximum absolute atomic E-state index is 12.7. The first-order valence-electron chi connectivity index (χ1n) is 6.26. The second-order valence-corrected chi connectivity index (χ2v) is 6.45. The summed E-state index contributed by atoms with van der Waals surface area (Å²) in [7, 11) is 0. The predicted octanol–water partition coefficient (Wildman–Crippen LogP) is 3.22. The lowest BCUT2D eigenvalue weighted by Crippen LogP contribution is -2.52. The zero-order chi connectivity index (χ0) is 15.5. The van der Waals surface area contributed by atoms with Gasteiger partial charge in [0.05, 0.1) is 11.6 Å². The predicted molar refractivity (Wildman–Crippen MR) is 84.9 cm³/mol. The molecule has 1 rings (SSSR count). The highest BCUT2D eigenvalue weighted by molar-refractivity contribution is 14.1. The van der Waals surface area contributed by atoms with E-state index in [0.29, 0.717) is 5.56 Å². The van der Waals surface area contributed by atoms with Crippen molar-refractivity contribution in [3.63, 3.8) is 0 Å². The molecule has 4 nitrogen and oxygen atoms in total. The molecule has 5 heteroatoms. The van der Waals surface area contributed by atoms with E-state index in [0.717, 1.165) is 8.47 Å². The Morgan fingerprint density at radius 3 is 2.30 bits per heavy atom. The summed E-state index contributed by atoms with van der Waals surface area (Å²) >= 11 is 2.05. The molecule has 0 radical (unpaired) electrons. The number of imide groups is 1. The van der Waals surface area contributed by atoms with Crippen LogP contribution >= 0.6 is 22.6 Å². The van der Waals surface area contributed by atoms with Crippen LogP contribution in [0, 0.1) is 20.8 Å². The summed E-state index contributed by atoms with van der Waals surface area (Å²) < 4.78 is 0.755. The molecule has 106 valence electrons. The molecule has 0 aromatic heterocycles. The van der Waals surface area contributed by atoms with Gasteiger partial charge in [-0.1, -0.05) is 26.0 Å². The smallest absolute Gasteiger partial charge is 0.262 e. The second kappa shape index (κ2) is 6.35. The zero-order valence-electron chi connectivity index (χ0n) is 12.0. The molecule has 0 heterocycles. The van der Waals surface area contributed by atoms with E-state index in [1.54, 1.807) is 45.9 Å². The number of hydrogen-bond donors (Lipinski definition) is 0. The second-order valence-electron chi connectivity index (χ2n) is 5.28. The molecule has 0 saturated heterocycles. The van der Waals surface area contributed by atoms with E-state index in [4.69, 9.17) is 0 Å². The summed E-state index contributed by atoms with van der Waals surface area (Å²) in [6.45, 7) is 6.57. The van der Waals surface area contributed by atoms with Crippen molar-refractivity contribution in [3.05, 3.63) is 33.4 Å². The summed E-state index contributed by atoms with van der Waals surface area (Å²) in [4.78, 5) is 26.1. The van der Waals surface area contributed by atoms with E-state index in [2.05, 4.69) is 0 Å². The van der Waals surface area contributed by atoms with Gasteiger partial charge in [-0.05, 0) is 48.6 Å². The maximum atomic E-state index is 12.7. The molecule has 0 aliphatic carbocycles. The number of amides is 2. The molecule has 0 aliphatic heterocycles. The Labute approximate surface area is 132 Å². The van der Waals surface area contributed by atoms with Gasteiger partial charge in [-0.3, -0.25) is 14.5 Å². The van der Waals surface area contributed by atoms with Gasteiger partial charge in [0.1, 0.15) is 5.54 Å². The van der Waals surface area contributed by atoms with Crippen LogP contribution in [0.4, 0.5) is 0 Å². The van der Waals surface area contributed by atoms with Crippen molar-refractivity contribution in [2.24, 2.45) is 5.92 Å². The van der Waals surface area contributed by atoms with Crippen LogP contribution < -0.4 is 0 Å². The standard InChI is InChI=1S/C15H17IN2O2/c1-10(2)13(19)18(15(3,4)9-17)14(20)11-7-5-6-8-12(11)16/h5-8,10H,1-4H3. The minimum Gasteiger partial charge on any atom is -0.274 e. The van der Waals surface area contributed by atoms with E-state index in [-0.39, 0.29) is 11.8 Å². The molecule has 20 heavy (non-hydrogen) atoms. The highest BCUT2D eigenvalue weighted by Crippen LogP contribution is 2.22. The lowest BCUT2D eigenvalue weighted by Gasteiger charge is -2.32. The Balaban J connectivity index is 3.33. The molecule has 1 aromatic carbocycles. The number of rotatable bonds is 3. The number of hydrogen-bond acceptors (Lipinski definition) is 3. The van der Waals surface area contributed by atoms with Crippen molar-refractivity contribution in [2.75, 3.05) is 0 Å². The Kier molecular flexibility index (Phi) is 5.28. The third kappa shape index (κ3) is 3.37. The molecule has 0 saturated carbocycles. The fourth-order valence-electron chi connectivity index (χ4n) is 1.69. The third-order valence-electron chi connectivity index (χ3n) is 2.85. The lowest BCUT2D eigenvalue weighted by atomic mass is 10.00. The summed E-state index contributed by atoms with van der Waals surface area (Å²) in [5.41, 5.74) is -0.748. The average Bonchev–Trinajstić information content (AvgIpc) is 2.38. The number of benzene rings is 1. The van der Waals surface area contributed by atoms with Gasteiger partial charge in [0.25, 0.3) is 5.91 Å². The number of nitriles is 1. The van der Waals surface area contributed by atoms with Crippen molar-refractivity contribution in [1.82, 2.24) is 4.90 Å². The Hall–Kier alpha value is -1.42. The SMILES string of the molecule is CC(C)C(=O)N(C(=O)c1ccccc1I)C(C)(C)C#N. The Morgan fingerprint density at radius 1 is 1.30 bits per heavy atom. The van der Waals surface area contributed by atoms with Crippen molar-refractivity contribution in [1.29, 1.82) is 5.26 Å². The van der Waals surface area contributed by atoms with E-state index in [1.165, 1.54) is 0 Å². The number of carbonyl (C=O) groups is 2. The van der Waals surface area contributed by atoms with Gasteiger partial charge in [-0.25, -0.2) is 0 Å². The van der Waals surface area contributed by atoms with Gasteiger partial charge in [0, 0.05) is 9.49 Å². The maximum Gasteiger partial charge on any atom is 0.262 e. The summed E-state index contributed by atoms with van der Waals surface area (Å²) in [6, 6.07) is 9.06. The molecular formula is C15H17IN2O2. The molecule has 0 unspecified atom stereocenters. The molecule has 0 bridgehead atoms. The number of carbonyl (C=O) groups excluding carboxylic acids is 2. The molecule has 0 atom stereocenters. The monoisotopic (exact) mass is 384 g/mol. The number of halogens is 1. The minimum absolute atomic E-state index is 0.346. The van der Waals surface area contributed by atoms with Crippen LogP contribution in [-0.2, 0) is 4.79 Å². The van der Waals surface area contributed by atoms with Crippen LogP contribution in [0.15, 0.2) is 24.3 Å². The molecule has 0 fully saturated rings. The van der Waals surface area contributed by atoms with Crippen LogP contribution in [0.3, 0.4) is 0 Å². The summed E-state index contributed by atoms with van der Waals surface area (Å²) in [5, 5.41) is 9.26.